The highest BCUT2D eigenvalue weighted by Gasteiger charge is 2.22. The quantitative estimate of drug-likeness (QED) is 0.847. The van der Waals surface area contributed by atoms with Gasteiger partial charge in [-0.3, -0.25) is 0 Å². The molecule has 0 saturated carbocycles. The van der Waals surface area contributed by atoms with Crippen molar-refractivity contribution in [2.45, 2.75) is 32.8 Å². The molecular weight excluding hydrogens is 244 g/mol. The highest BCUT2D eigenvalue weighted by Crippen LogP contribution is 2.31. The van der Waals surface area contributed by atoms with Crippen molar-refractivity contribution in [3.63, 3.8) is 0 Å². The van der Waals surface area contributed by atoms with Crippen LogP contribution in [0.25, 0.3) is 0 Å². The lowest BCUT2D eigenvalue weighted by molar-refractivity contribution is 0.202. The van der Waals surface area contributed by atoms with Gasteiger partial charge in [0.1, 0.15) is 12.0 Å². The number of rotatable bonds is 4. The summed E-state index contributed by atoms with van der Waals surface area (Å²) < 4.78 is 5.58. The molecule has 0 aliphatic carbocycles. The minimum atomic E-state index is 0.0326. The van der Waals surface area contributed by atoms with E-state index in [-0.39, 0.29) is 12.7 Å². The first-order valence-electron chi connectivity index (χ1n) is 6.74. The molecule has 1 aliphatic heterocycles. The molecule has 2 heterocycles. The van der Waals surface area contributed by atoms with E-state index in [2.05, 4.69) is 14.9 Å². The van der Waals surface area contributed by atoms with Crippen molar-refractivity contribution < 1.29 is 9.84 Å². The smallest absolute Gasteiger partial charge is 0.242 e. The lowest BCUT2D eigenvalue weighted by Gasteiger charge is -2.32. The summed E-state index contributed by atoms with van der Waals surface area (Å²) in [5.74, 6) is 1.58. The highest BCUT2D eigenvalue weighted by atomic mass is 16.5. The van der Waals surface area contributed by atoms with Gasteiger partial charge in [0.25, 0.3) is 0 Å². The predicted octanol–water partition coefficient (Wildman–Crippen LogP) is 1.05. The fourth-order valence-corrected chi connectivity index (χ4v) is 2.27. The Balaban J connectivity index is 2.12. The molecule has 1 aliphatic rings. The minimum Gasteiger partial charge on any atom is -0.473 e. The zero-order valence-corrected chi connectivity index (χ0v) is 11.5. The Hall–Kier alpha value is -1.56. The molecule has 6 nitrogen and oxygen atoms in total. The molecule has 0 amide bonds. The van der Waals surface area contributed by atoms with E-state index in [9.17, 15) is 0 Å². The van der Waals surface area contributed by atoms with E-state index < -0.39 is 0 Å². The molecule has 1 aromatic rings. The Morgan fingerprint density at radius 2 is 2.11 bits per heavy atom. The Kier molecular flexibility index (Phi) is 4.42. The Labute approximate surface area is 113 Å². The van der Waals surface area contributed by atoms with Crippen molar-refractivity contribution >= 4 is 11.5 Å². The Bertz CT molecular complexity index is 417. The summed E-state index contributed by atoms with van der Waals surface area (Å²) >= 11 is 0. The van der Waals surface area contributed by atoms with E-state index in [1.807, 2.05) is 13.8 Å². The van der Waals surface area contributed by atoms with Crippen LogP contribution in [0.1, 0.15) is 26.7 Å². The molecular formula is C13H22N4O2. The van der Waals surface area contributed by atoms with Crippen LogP contribution in [0.2, 0.25) is 0 Å². The molecule has 0 unspecified atom stereocenters. The number of aliphatic hydroxyl groups excluding tert-OH is 1. The maximum Gasteiger partial charge on any atom is 0.242 e. The van der Waals surface area contributed by atoms with E-state index in [0.29, 0.717) is 17.5 Å². The van der Waals surface area contributed by atoms with Crippen LogP contribution >= 0.6 is 0 Å². The van der Waals surface area contributed by atoms with Gasteiger partial charge >= 0.3 is 0 Å². The van der Waals surface area contributed by atoms with Gasteiger partial charge in [-0.2, -0.15) is 4.98 Å². The second-order valence-electron chi connectivity index (χ2n) is 5.20. The van der Waals surface area contributed by atoms with Crippen LogP contribution in [0.5, 0.6) is 5.88 Å². The third-order valence-electron chi connectivity index (χ3n) is 3.35. The molecule has 2 rings (SSSR count). The average Bonchev–Trinajstić information content (AvgIpc) is 2.41. The molecule has 19 heavy (non-hydrogen) atoms. The Morgan fingerprint density at radius 3 is 2.68 bits per heavy atom. The van der Waals surface area contributed by atoms with Crippen LogP contribution in [0.15, 0.2) is 6.33 Å². The Morgan fingerprint density at radius 1 is 1.42 bits per heavy atom. The molecule has 1 saturated heterocycles. The van der Waals surface area contributed by atoms with Crippen molar-refractivity contribution in [1.82, 2.24) is 9.97 Å². The summed E-state index contributed by atoms with van der Waals surface area (Å²) in [5.41, 5.74) is 6.59. The molecule has 106 valence electrons. The number of aromatic nitrogens is 2. The maximum atomic E-state index is 9.16. The molecule has 6 heteroatoms. The van der Waals surface area contributed by atoms with Crippen LogP contribution in [-0.4, -0.2) is 40.9 Å². The molecule has 0 spiro atoms. The van der Waals surface area contributed by atoms with Gasteiger partial charge in [-0.05, 0) is 32.6 Å². The third-order valence-corrected chi connectivity index (χ3v) is 3.35. The lowest BCUT2D eigenvalue weighted by Crippen LogP contribution is -2.35. The molecule has 0 aromatic carbocycles. The summed E-state index contributed by atoms with van der Waals surface area (Å²) in [7, 11) is 0. The first-order valence-corrected chi connectivity index (χ1v) is 6.74. The lowest BCUT2D eigenvalue weighted by atomic mass is 9.98. The van der Waals surface area contributed by atoms with Gasteiger partial charge < -0.3 is 20.5 Å². The summed E-state index contributed by atoms with van der Waals surface area (Å²) in [6.07, 6.45) is 3.44. The van der Waals surface area contributed by atoms with Gasteiger partial charge in [-0.1, -0.05) is 0 Å². The summed E-state index contributed by atoms with van der Waals surface area (Å²) in [5, 5.41) is 9.16. The first-order chi connectivity index (χ1) is 9.11. The topological polar surface area (TPSA) is 84.5 Å². The SMILES string of the molecule is CC(C)Oc1ncnc(N2CCC(CO)CC2)c1N. The number of anilines is 2. The number of nitrogens with two attached hydrogens (primary N) is 1. The zero-order valence-electron chi connectivity index (χ0n) is 11.5. The number of aliphatic hydroxyl groups is 1. The van der Waals surface area contributed by atoms with Crippen LogP contribution < -0.4 is 15.4 Å². The van der Waals surface area contributed by atoms with Gasteiger partial charge in [0.2, 0.25) is 5.88 Å². The molecule has 0 radical (unpaired) electrons. The van der Waals surface area contributed by atoms with Crippen molar-refractivity contribution in [3.05, 3.63) is 6.33 Å². The zero-order chi connectivity index (χ0) is 13.8. The largest absolute Gasteiger partial charge is 0.473 e. The van der Waals surface area contributed by atoms with Crippen LogP contribution in [0, 0.1) is 5.92 Å². The molecule has 1 aromatic heterocycles. The predicted molar refractivity (Wildman–Crippen MR) is 74.2 cm³/mol. The number of nitrogens with zero attached hydrogens (tertiary/aromatic N) is 3. The molecule has 0 bridgehead atoms. The van der Waals surface area contributed by atoms with Crippen LogP contribution in [-0.2, 0) is 0 Å². The van der Waals surface area contributed by atoms with Crippen molar-refractivity contribution in [3.8, 4) is 5.88 Å². The van der Waals surface area contributed by atoms with Crippen LogP contribution in [0.4, 0.5) is 11.5 Å². The maximum absolute atomic E-state index is 9.16. The monoisotopic (exact) mass is 266 g/mol. The number of hydrogen-bond donors (Lipinski definition) is 2. The summed E-state index contributed by atoms with van der Waals surface area (Å²) in [6, 6.07) is 0. The number of ether oxygens (including phenoxy) is 1. The van der Waals surface area contributed by atoms with Gasteiger partial charge in [0, 0.05) is 19.7 Å². The van der Waals surface area contributed by atoms with Gasteiger partial charge in [0.05, 0.1) is 6.10 Å². The molecule has 0 atom stereocenters. The summed E-state index contributed by atoms with van der Waals surface area (Å²) in [4.78, 5) is 10.5. The number of nitrogen functional groups attached to an aromatic ring is 1. The minimum absolute atomic E-state index is 0.0326. The van der Waals surface area contributed by atoms with E-state index in [1.54, 1.807) is 0 Å². The van der Waals surface area contributed by atoms with Gasteiger partial charge in [0.15, 0.2) is 5.82 Å². The van der Waals surface area contributed by atoms with Gasteiger partial charge in [-0.15, -0.1) is 0 Å². The average molecular weight is 266 g/mol. The standard InChI is InChI=1S/C13H22N4O2/c1-9(2)19-13-11(14)12(15-8-16-13)17-5-3-10(7-18)4-6-17/h8-10,18H,3-7,14H2,1-2H3. The van der Waals surface area contributed by atoms with E-state index >= 15 is 0 Å². The van der Waals surface area contributed by atoms with E-state index in [4.69, 9.17) is 15.6 Å². The fraction of sp³-hybridized carbons (Fsp3) is 0.692. The fourth-order valence-electron chi connectivity index (χ4n) is 2.27. The third kappa shape index (κ3) is 3.26. The second kappa shape index (κ2) is 6.06. The van der Waals surface area contributed by atoms with Crippen LogP contribution in [0.3, 0.4) is 0 Å². The molecule has 1 fully saturated rings. The van der Waals surface area contributed by atoms with Crippen molar-refractivity contribution in [1.29, 1.82) is 0 Å². The van der Waals surface area contributed by atoms with Gasteiger partial charge in [-0.25, -0.2) is 4.98 Å². The normalized spacial score (nSPS) is 16.9. The van der Waals surface area contributed by atoms with E-state index in [1.165, 1.54) is 6.33 Å². The summed E-state index contributed by atoms with van der Waals surface area (Å²) in [6.45, 7) is 5.85. The van der Waals surface area contributed by atoms with E-state index in [0.717, 1.165) is 31.7 Å². The number of piperidine rings is 1. The number of hydrogen-bond acceptors (Lipinski definition) is 6. The molecule has 3 N–H and O–H groups in total. The van der Waals surface area contributed by atoms with Crippen molar-refractivity contribution in [2.75, 3.05) is 30.3 Å². The first kappa shape index (κ1) is 13.9. The van der Waals surface area contributed by atoms with Crippen molar-refractivity contribution in [2.24, 2.45) is 5.92 Å². The highest BCUT2D eigenvalue weighted by molar-refractivity contribution is 5.67. The second-order valence-corrected chi connectivity index (χ2v) is 5.20.